The van der Waals surface area contributed by atoms with Crippen molar-refractivity contribution in [3.63, 3.8) is 0 Å². The van der Waals surface area contributed by atoms with Gasteiger partial charge in [-0.1, -0.05) is 17.7 Å². The lowest BCUT2D eigenvalue weighted by Crippen LogP contribution is -2.42. The fourth-order valence-electron chi connectivity index (χ4n) is 2.75. The van der Waals surface area contributed by atoms with Gasteiger partial charge in [0.2, 0.25) is 0 Å². The van der Waals surface area contributed by atoms with Gasteiger partial charge in [0.25, 0.3) is 5.91 Å². The largest absolute Gasteiger partial charge is 0.391 e. The second-order valence-electron chi connectivity index (χ2n) is 5.61. The first kappa shape index (κ1) is 15.1. The van der Waals surface area contributed by atoms with Crippen molar-refractivity contribution in [2.24, 2.45) is 0 Å². The fraction of sp³-hybridized carbons (Fsp3) is 0.375. The first-order valence-corrected chi connectivity index (χ1v) is 7.72. The summed E-state index contributed by atoms with van der Waals surface area (Å²) in [7, 11) is 0. The van der Waals surface area contributed by atoms with E-state index in [-0.39, 0.29) is 5.91 Å². The molecule has 0 radical (unpaired) electrons. The number of benzene rings is 1. The Kier molecular flexibility index (Phi) is 4.18. The molecule has 1 N–H and O–H groups in total. The zero-order valence-corrected chi connectivity index (χ0v) is 13.1. The van der Waals surface area contributed by atoms with Crippen LogP contribution in [-0.4, -0.2) is 44.9 Å². The van der Waals surface area contributed by atoms with Crippen LogP contribution in [0.15, 0.2) is 30.3 Å². The molecule has 1 aliphatic heterocycles. The Bertz CT molecular complexity index is 698. The lowest BCUT2D eigenvalue weighted by Gasteiger charge is -2.29. The first-order chi connectivity index (χ1) is 10.5. The second kappa shape index (κ2) is 6.10. The second-order valence-corrected chi connectivity index (χ2v) is 6.05. The summed E-state index contributed by atoms with van der Waals surface area (Å²) in [6, 6.07) is 9.11. The molecule has 0 spiro atoms. The van der Waals surface area contributed by atoms with Crippen molar-refractivity contribution in [2.75, 3.05) is 13.1 Å². The normalized spacial score (nSPS) is 18.5. The van der Waals surface area contributed by atoms with Crippen molar-refractivity contribution in [1.82, 2.24) is 14.7 Å². The van der Waals surface area contributed by atoms with Gasteiger partial charge in [-0.25, -0.2) is 4.68 Å². The number of carbonyl (C=O) groups is 1. The van der Waals surface area contributed by atoms with Gasteiger partial charge in [0, 0.05) is 23.8 Å². The summed E-state index contributed by atoms with van der Waals surface area (Å²) < 4.78 is 1.71. The molecule has 1 atom stereocenters. The van der Waals surface area contributed by atoms with Crippen molar-refractivity contribution >= 4 is 17.5 Å². The summed E-state index contributed by atoms with van der Waals surface area (Å²) >= 11 is 6.01. The van der Waals surface area contributed by atoms with Gasteiger partial charge in [-0.2, -0.15) is 5.10 Å². The predicted octanol–water partition coefficient (Wildman–Crippen LogP) is 2.43. The highest BCUT2D eigenvalue weighted by Crippen LogP contribution is 2.18. The highest BCUT2D eigenvalue weighted by molar-refractivity contribution is 6.30. The van der Waals surface area contributed by atoms with E-state index in [4.69, 9.17) is 11.6 Å². The van der Waals surface area contributed by atoms with Gasteiger partial charge in [0.15, 0.2) is 5.69 Å². The summed E-state index contributed by atoms with van der Waals surface area (Å²) in [5.41, 5.74) is 2.08. The lowest BCUT2D eigenvalue weighted by molar-refractivity contribution is 0.0468. The van der Waals surface area contributed by atoms with E-state index in [1.54, 1.807) is 27.8 Å². The van der Waals surface area contributed by atoms with Crippen molar-refractivity contribution in [3.8, 4) is 5.69 Å². The number of β-amino-alcohol motifs (C(OH)–C–C–N with tert-alkyl or cyclic N) is 1. The lowest BCUT2D eigenvalue weighted by atomic mass is 10.1. The van der Waals surface area contributed by atoms with E-state index in [1.807, 2.05) is 19.1 Å². The number of halogens is 1. The monoisotopic (exact) mass is 319 g/mol. The minimum Gasteiger partial charge on any atom is -0.391 e. The third kappa shape index (κ3) is 3.00. The molecule has 1 saturated heterocycles. The fourth-order valence-corrected chi connectivity index (χ4v) is 2.93. The molecular weight excluding hydrogens is 302 g/mol. The summed E-state index contributed by atoms with van der Waals surface area (Å²) in [5.74, 6) is -0.136. The van der Waals surface area contributed by atoms with Gasteiger partial charge in [0.1, 0.15) is 0 Å². The van der Waals surface area contributed by atoms with Crippen LogP contribution in [0.4, 0.5) is 0 Å². The van der Waals surface area contributed by atoms with Gasteiger partial charge in [0.05, 0.1) is 11.8 Å². The van der Waals surface area contributed by atoms with Crippen molar-refractivity contribution in [2.45, 2.75) is 25.9 Å². The number of nitrogens with zero attached hydrogens (tertiary/aromatic N) is 3. The highest BCUT2D eigenvalue weighted by atomic mass is 35.5. The smallest absolute Gasteiger partial charge is 0.274 e. The van der Waals surface area contributed by atoms with E-state index in [1.165, 1.54) is 0 Å². The van der Waals surface area contributed by atoms with Gasteiger partial charge in [-0.3, -0.25) is 4.79 Å². The molecule has 3 rings (SSSR count). The number of amides is 1. The maximum Gasteiger partial charge on any atom is 0.274 e. The maximum atomic E-state index is 12.5. The highest BCUT2D eigenvalue weighted by Gasteiger charge is 2.25. The summed E-state index contributed by atoms with van der Waals surface area (Å²) in [6.07, 6.45) is 1.13. The van der Waals surface area contributed by atoms with Gasteiger partial charge in [-0.05, 0) is 44.0 Å². The molecule has 6 heteroatoms. The zero-order chi connectivity index (χ0) is 15.7. The number of aromatic nitrogens is 2. The molecule has 0 aliphatic carbocycles. The summed E-state index contributed by atoms with van der Waals surface area (Å²) in [4.78, 5) is 14.2. The molecule has 22 heavy (non-hydrogen) atoms. The van der Waals surface area contributed by atoms with E-state index in [9.17, 15) is 9.90 Å². The molecule has 1 unspecified atom stereocenters. The summed E-state index contributed by atoms with van der Waals surface area (Å²) in [6.45, 7) is 2.94. The third-order valence-corrected chi connectivity index (χ3v) is 4.08. The molecule has 1 aliphatic rings. The molecule has 116 valence electrons. The van der Waals surface area contributed by atoms with E-state index in [0.717, 1.165) is 24.2 Å². The molecule has 0 bridgehead atoms. The van der Waals surface area contributed by atoms with Crippen molar-refractivity contribution < 1.29 is 9.90 Å². The molecule has 1 amide bonds. The van der Waals surface area contributed by atoms with Crippen LogP contribution in [-0.2, 0) is 0 Å². The Morgan fingerprint density at radius 2 is 2.23 bits per heavy atom. The van der Waals surface area contributed by atoms with Crippen LogP contribution in [0, 0.1) is 6.92 Å². The number of rotatable bonds is 2. The third-order valence-electron chi connectivity index (χ3n) is 3.84. The molecule has 1 aromatic heterocycles. The molecular formula is C16H18ClN3O2. The molecule has 2 aromatic rings. The number of aryl methyl sites for hydroxylation is 1. The average molecular weight is 320 g/mol. The SMILES string of the molecule is Cc1cc(C(=O)N2CCCC(O)C2)nn1-c1cccc(Cl)c1. The number of carbonyl (C=O) groups excluding carboxylic acids is 1. The number of hydrogen-bond donors (Lipinski definition) is 1. The first-order valence-electron chi connectivity index (χ1n) is 7.34. The quantitative estimate of drug-likeness (QED) is 0.925. The van der Waals surface area contributed by atoms with E-state index < -0.39 is 6.10 Å². The predicted molar refractivity (Wildman–Crippen MR) is 84.5 cm³/mol. The van der Waals surface area contributed by atoms with Crippen LogP contribution in [0.2, 0.25) is 5.02 Å². The van der Waals surface area contributed by atoms with Gasteiger partial charge < -0.3 is 10.0 Å². The zero-order valence-electron chi connectivity index (χ0n) is 12.4. The number of aliphatic hydroxyl groups excluding tert-OH is 1. The number of hydrogen-bond acceptors (Lipinski definition) is 3. The maximum absolute atomic E-state index is 12.5. The Labute approximate surface area is 134 Å². The van der Waals surface area contributed by atoms with Crippen LogP contribution >= 0.6 is 11.6 Å². The standard InChI is InChI=1S/C16H18ClN3O2/c1-11-8-15(16(22)19-7-3-6-14(21)10-19)18-20(11)13-5-2-4-12(17)9-13/h2,4-5,8-9,14,21H,3,6-7,10H2,1H3. The van der Waals surface area contributed by atoms with Crippen molar-refractivity contribution in [1.29, 1.82) is 0 Å². The average Bonchev–Trinajstić information content (AvgIpc) is 2.88. The van der Waals surface area contributed by atoms with Crippen LogP contribution in [0.5, 0.6) is 0 Å². The van der Waals surface area contributed by atoms with E-state index in [2.05, 4.69) is 5.10 Å². The molecule has 2 heterocycles. The van der Waals surface area contributed by atoms with Gasteiger partial charge in [-0.15, -0.1) is 0 Å². The number of piperidine rings is 1. The van der Waals surface area contributed by atoms with Gasteiger partial charge >= 0.3 is 0 Å². The Hall–Kier alpha value is -1.85. The molecule has 1 aromatic carbocycles. The molecule has 1 fully saturated rings. The van der Waals surface area contributed by atoms with Crippen LogP contribution in [0.3, 0.4) is 0 Å². The minimum atomic E-state index is -0.436. The molecule has 0 saturated carbocycles. The van der Waals surface area contributed by atoms with Crippen LogP contribution < -0.4 is 0 Å². The number of likely N-dealkylation sites (tertiary alicyclic amines) is 1. The minimum absolute atomic E-state index is 0.136. The number of aliphatic hydroxyl groups is 1. The Balaban J connectivity index is 1.87. The van der Waals surface area contributed by atoms with Crippen molar-refractivity contribution in [3.05, 3.63) is 46.7 Å². The molecule has 5 nitrogen and oxygen atoms in total. The van der Waals surface area contributed by atoms with Crippen LogP contribution in [0.1, 0.15) is 29.0 Å². The Morgan fingerprint density at radius 1 is 1.41 bits per heavy atom. The van der Waals surface area contributed by atoms with E-state index in [0.29, 0.717) is 23.8 Å². The Morgan fingerprint density at radius 3 is 2.95 bits per heavy atom. The van der Waals surface area contributed by atoms with E-state index >= 15 is 0 Å². The summed E-state index contributed by atoms with van der Waals surface area (Å²) in [5, 5.41) is 14.7. The van der Waals surface area contributed by atoms with Crippen LogP contribution in [0.25, 0.3) is 5.69 Å². The topological polar surface area (TPSA) is 58.4 Å².